The lowest BCUT2D eigenvalue weighted by Crippen LogP contribution is -2.49. The number of nitrogens with one attached hydrogen (secondary N) is 3. The van der Waals surface area contributed by atoms with E-state index in [-0.39, 0.29) is 6.04 Å². The number of amides is 1. The van der Waals surface area contributed by atoms with Crippen molar-refractivity contribution >= 4 is 23.5 Å². The molecule has 2 fully saturated rings. The number of anilines is 2. The van der Waals surface area contributed by atoms with E-state index in [1.807, 2.05) is 30.5 Å². The Labute approximate surface area is 208 Å². The van der Waals surface area contributed by atoms with Crippen LogP contribution in [0.2, 0.25) is 0 Å². The molecule has 0 aromatic carbocycles. The first kappa shape index (κ1) is 24.4. The largest absolute Gasteiger partial charge is 0.443 e. The predicted octanol–water partition coefficient (Wildman–Crippen LogP) is 3.14. The van der Waals surface area contributed by atoms with Crippen LogP contribution in [0.3, 0.4) is 0 Å². The number of halogens is 1. The summed E-state index contributed by atoms with van der Waals surface area (Å²) in [6, 6.07) is 4.00. The lowest BCUT2D eigenvalue weighted by atomic mass is 10.0. The molecule has 12 heteroatoms. The average molecular weight is 501 g/mol. The van der Waals surface area contributed by atoms with Crippen molar-refractivity contribution in [3.63, 3.8) is 0 Å². The minimum atomic E-state index is -1.31. The molecular weight excluding hydrogens is 467 g/mol. The van der Waals surface area contributed by atoms with Crippen LogP contribution in [0, 0.1) is 0 Å². The van der Waals surface area contributed by atoms with Crippen LogP contribution in [0.1, 0.15) is 50.4 Å². The van der Waals surface area contributed by atoms with E-state index in [2.05, 4.69) is 30.7 Å². The first-order valence-corrected chi connectivity index (χ1v) is 12.4. The van der Waals surface area contributed by atoms with Crippen LogP contribution in [0.4, 0.5) is 21.0 Å². The third kappa shape index (κ3) is 5.14. The number of aromatic nitrogens is 5. The number of carbonyl (C=O) groups excluding carboxylic acids is 1. The molecule has 194 valence electrons. The molecule has 4 atom stereocenters. The van der Waals surface area contributed by atoms with Gasteiger partial charge in [-0.2, -0.15) is 5.10 Å². The number of carbonyl (C=O) groups is 1. The Kier molecular flexibility index (Phi) is 7.06. The second kappa shape index (κ2) is 10.4. The molecule has 1 aliphatic carbocycles. The summed E-state index contributed by atoms with van der Waals surface area (Å²) in [5.74, 6) is 0.665. The van der Waals surface area contributed by atoms with Crippen LogP contribution in [-0.2, 0) is 16.0 Å². The average Bonchev–Trinajstić information content (AvgIpc) is 3.54. The van der Waals surface area contributed by atoms with Crippen molar-refractivity contribution in [3.8, 4) is 0 Å². The monoisotopic (exact) mass is 500 g/mol. The molecule has 1 aliphatic heterocycles. The van der Waals surface area contributed by atoms with Gasteiger partial charge >= 0.3 is 6.09 Å². The number of fused-ring (bicyclic) bond motifs is 1. The van der Waals surface area contributed by atoms with Crippen LogP contribution >= 0.6 is 0 Å². The number of alkyl carbamates (subject to hydrolysis) is 1. The standard InChI is InChI=1S/C24H33FN8O3/c1-14(2)27-24(34)36-19-5-4-17(22(19)25)18-10-20(31-30-18)29-23-26-8-6-21-28-15(12-33(21)23)11-32-9-7-16(32)13-35-3/h6,8,10,12,14,16-17,19,22H,4-5,7,9,11,13H2,1-3H3,(H,27,34)(H2,26,29,30,31)/t16?,17-,19-,22-/m1/s1. The molecule has 0 radical (unpaired) electrons. The highest BCUT2D eigenvalue weighted by Gasteiger charge is 2.41. The molecule has 3 aromatic heterocycles. The van der Waals surface area contributed by atoms with Gasteiger partial charge in [-0.25, -0.2) is 19.2 Å². The molecule has 4 heterocycles. The fourth-order valence-electron chi connectivity index (χ4n) is 4.91. The van der Waals surface area contributed by atoms with E-state index in [0.717, 1.165) is 37.5 Å². The molecule has 3 aromatic rings. The highest BCUT2D eigenvalue weighted by molar-refractivity contribution is 5.67. The van der Waals surface area contributed by atoms with Crippen molar-refractivity contribution in [2.45, 2.75) is 69.9 Å². The molecule has 36 heavy (non-hydrogen) atoms. The van der Waals surface area contributed by atoms with Gasteiger partial charge in [0.2, 0.25) is 5.95 Å². The number of nitrogens with zero attached hydrogens (tertiary/aromatic N) is 5. The number of methoxy groups -OCH3 is 1. The van der Waals surface area contributed by atoms with Gasteiger partial charge in [0.1, 0.15) is 17.9 Å². The summed E-state index contributed by atoms with van der Waals surface area (Å²) in [6.07, 6.45) is 3.14. The summed E-state index contributed by atoms with van der Waals surface area (Å²) in [7, 11) is 1.73. The molecule has 11 nitrogen and oxygen atoms in total. The predicted molar refractivity (Wildman–Crippen MR) is 131 cm³/mol. The zero-order valence-corrected chi connectivity index (χ0v) is 20.8. The number of hydrogen-bond donors (Lipinski definition) is 3. The molecular formula is C24H33FN8O3. The lowest BCUT2D eigenvalue weighted by molar-refractivity contribution is 0.0171. The Morgan fingerprint density at radius 1 is 1.33 bits per heavy atom. The van der Waals surface area contributed by atoms with E-state index in [9.17, 15) is 4.79 Å². The van der Waals surface area contributed by atoms with Gasteiger partial charge in [0.25, 0.3) is 0 Å². The minimum absolute atomic E-state index is 0.0677. The summed E-state index contributed by atoms with van der Waals surface area (Å²) in [5.41, 5.74) is 2.38. The summed E-state index contributed by atoms with van der Waals surface area (Å²) in [5, 5.41) is 13.1. The van der Waals surface area contributed by atoms with Crippen molar-refractivity contribution < 1.29 is 18.7 Å². The van der Waals surface area contributed by atoms with Crippen molar-refractivity contribution in [2.75, 3.05) is 25.6 Å². The highest BCUT2D eigenvalue weighted by atomic mass is 19.1. The van der Waals surface area contributed by atoms with Gasteiger partial charge in [-0.15, -0.1) is 0 Å². The summed E-state index contributed by atoms with van der Waals surface area (Å²) in [6.45, 7) is 6.17. The molecule has 2 aliphatic rings. The quantitative estimate of drug-likeness (QED) is 0.410. The normalized spacial score (nSPS) is 24.2. The number of H-pyrrole nitrogens is 1. The zero-order valence-electron chi connectivity index (χ0n) is 20.8. The van der Waals surface area contributed by atoms with E-state index >= 15 is 4.39 Å². The minimum Gasteiger partial charge on any atom is -0.443 e. The van der Waals surface area contributed by atoms with E-state index in [4.69, 9.17) is 14.5 Å². The van der Waals surface area contributed by atoms with Crippen molar-refractivity contribution in [2.24, 2.45) is 0 Å². The lowest BCUT2D eigenvalue weighted by Gasteiger charge is -2.40. The van der Waals surface area contributed by atoms with Crippen LogP contribution in [0.5, 0.6) is 0 Å². The summed E-state index contributed by atoms with van der Waals surface area (Å²) in [4.78, 5) is 23.4. The molecule has 1 amide bonds. The second-order valence-corrected chi connectivity index (χ2v) is 9.80. The SMILES string of the molecule is COCC1CCN1Cc1cn2c(Nc3cc([C@H]4CC[C@@H](OC(=O)NC(C)C)[C@@H]4F)[nH]n3)nccc2n1. The molecule has 1 saturated carbocycles. The van der Waals surface area contributed by atoms with Crippen molar-refractivity contribution in [3.05, 3.63) is 35.9 Å². The Morgan fingerprint density at radius 3 is 2.94 bits per heavy atom. The first-order chi connectivity index (χ1) is 17.4. The Balaban J connectivity index is 1.24. The van der Waals surface area contributed by atoms with Gasteiger partial charge in [-0.05, 0) is 39.2 Å². The number of ether oxygens (including phenoxy) is 2. The van der Waals surface area contributed by atoms with E-state index in [1.54, 1.807) is 19.4 Å². The molecule has 1 unspecified atom stereocenters. The van der Waals surface area contributed by atoms with Crippen LogP contribution in [0.15, 0.2) is 24.5 Å². The van der Waals surface area contributed by atoms with Gasteiger partial charge in [-0.1, -0.05) is 0 Å². The smallest absolute Gasteiger partial charge is 0.407 e. The zero-order chi connectivity index (χ0) is 25.2. The summed E-state index contributed by atoms with van der Waals surface area (Å²) >= 11 is 0. The molecule has 0 bridgehead atoms. The maximum atomic E-state index is 15.1. The van der Waals surface area contributed by atoms with E-state index in [1.165, 1.54) is 0 Å². The Morgan fingerprint density at radius 2 is 2.19 bits per heavy atom. The first-order valence-electron chi connectivity index (χ1n) is 12.4. The number of imidazole rings is 1. The highest BCUT2D eigenvalue weighted by Crippen LogP contribution is 2.38. The Hall–Kier alpha value is -3.25. The van der Waals surface area contributed by atoms with Gasteiger partial charge in [0, 0.05) is 62.4 Å². The van der Waals surface area contributed by atoms with Gasteiger partial charge < -0.3 is 20.1 Å². The summed E-state index contributed by atoms with van der Waals surface area (Å²) < 4.78 is 27.6. The van der Waals surface area contributed by atoms with Gasteiger partial charge in [-0.3, -0.25) is 14.4 Å². The second-order valence-electron chi connectivity index (χ2n) is 9.80. The van der Waals surface area contributed by atoms with Gasteiger partial charge in [0.15, 0.2) is 5.82 Å². The van der Waals surface area contributed by atoms with E-state index < -0.39 is 24.3 Å². The number of rotatable bonds is 9. The molecule has 5 rings (SSSR count). The fraction of sp³-hybridized carbons (Fsp3) is 0.583. The van der Waals surface area contributed by atoms with Crippen LogP contribution < -0.4 is 10.6 Å². The maximum Gasteiger partial charge on any atom is 0.407 e. The number of likely N-dealkylation sites (tertiary alicyclic amines) is 1. The fourth-order valence-corrected chi connectivity index (χ4v) is 4.91. The maximum absolute atomic E-state index is 15.1. The van der Waals surface area contributed by atoms with Gasteiger partial charge in [0.05, 0.1) is 12.3 Å². The van der Waals surface area contributed by atoms with Crippen LogP contribution in [-0.4, -0.2) is 80.2 Å². The molecule has 3 N–H and O–H groups in total. The van der Waals surface area contributed by atoms with Crippen LogP contribution in [0.25, 0.3) is 5.65 Å². The number of aromatic amines is 1. The molecule has 0 spiro atoms. The number of alkyl halides is 1. The number of hydrogen-bond acceptors (Lipinski definition) is 8. The van der Waals surface area contributed by atoms with Crippen molar-refractivity contribution in [1.82, 2.24) is 34.8 Å². The molecule has 1 saturated heterocycles. The van der Waals surface area contributed by atoms with Crippen molar-refractivity contribution in [1.29, 1.82) is 0 Å². The van der Waals surface area contributed by atoms with E-state index in [0.29, 0.717) is 36.3 Å². The Bertz CT molecular complexity index is 1200. The third-order valence-corrected chi connectivity index (χ3v) is 6.83. The third-order valence-electron chi connectivity index (χ3n) is 6.83. The topological polar surface area (TPSA) is 122 Å².